The number of hydrogen-bond donors (Lipinski definition) is 0. The maximum absolute atomic E-state index is 12.3. The molecule has 1 aromatic carbocycles. The monoisotopic (exact) mass is 273 g/mol. The maximum atomic E-state index is 12.3. The zero-order valence-electron chi connectivity index (χ0n) is 9.98. The third kappa shape index (κ3) is 2.29. The van der Waals surface area contributed by atoms with E-state index in [4.69, 9.17) is 4.42 Å². The topological polar surface area (TPSA) is 50.5 Å². The van der Waals surface area contributed by atoms with Crippen LogP contribution in [0.15, 0.2) is 53.1 Å². The highest BCUT2D eigenvalue weighted by atomic mass is 32.2. The maximum Gasteiger partial charge on any atom is 0.289 e. The lowest BCUT2D eigenvalue weighted by atomic mass is 10.1. The van der Waals surface area contributed by atoms with Crippen molar-refractivity contribution in [2.75, 3.05) is 0 Å². The van der Waals surface area contributed by atoms with Crippen molar-refractivity contribution >= 4 is 22.9 Å². The van der Waals surface area contributed by atoms with Crippen molar-refractivity contribution in [1.29, 1.82) is 0 Å². The van der Waals surface area contributed by atoms with Gasteiger partial charge in [0.25, 0.3) is 5.24 Å². The zero-order valence-corrected chi connectivity index (χ0v) is 10.8. The van der Waals surface area contributed by atoms with Gasteiger partial charge in [0.2, 0.25) is 5.91 Å². The number of amides is 2. The molecule has 96 valence electrons. The van der Waals surface area contributed by atoms with Crippen LogP contribution in [0, 0.1) is 0 Å². The first-order valence-corrected chi connectivity index (χ1v) is 6.73. The molecule has 3 rings (SSSR count). The highest BCUT2D eigenvalue weighted by Gasteiger charge is 2.40. The van der Waals surface area contributed by atoms with Gasteiger partial charge in [-0.25, -0.2) is 0 Å². The van der Waals surface area contributed by atoms with Gasteiger partial charge in [-0.2, -0.15) is 0 Å². The molecule has 2 aromatic rings. The Morgan fingerprint density at radius 1 is 1.11 bits per heavy atom. The summed E-state index contributed by atoms with van der Waals surface area (Å²) >= 11 is 1.05. The van der Waals surface area contributed by atoms with Crippen molar-refractivity contribution in [1.82, 2.24) is 4.90 Å². The van der Waals surface area contributed by atoms with E-state index in [2.05, 4.69) is 0 Å². The van der Waals surface area contributed by atoms with Gasteiger partial charge >= 0.3 is 0 Å². The third-order valence-electron chi connectivity index (χ3n) is 2.93. The smallest absolute Gasteiger partial charge is 0.289 e. The number of imide groups is 1. The van der Waals surface area contributed by atoms with Gasteiger partial charge in [0.15, 0.2) is 0 Å². The molecule has 1 atom stereocenters. The van der Waals surface area contributed by atoms with Crippen molar-refractivity contribution < 1.29 is 14.0 Å². The van der Waals surface area contributed by atoms with Crippen molar-refractivity contribution in [3.05, 3.63) is 60.1 Å². The van der Waals surface area contributed by atoms with E-state index < -0.39 is 5.25 Å². The number of benzene rings is 1. The quantitative estimate of drug-likeness (QED) is 0.861. The summed E-state index contributed by atoms with van der Waals surface area (Å²) in [6.45, 7) is 0.195. The van der Waals surface area contributed by atoms with Crippen LogP contribution in [0.3, 0.4) is 0 Å². The zero-order chi connectivity index (χ0) is 13.2. The molecule has 1 aliphatic heterocycles. The number of rotatable bonds is 3. The molecule has 1 aliphatic rings. The Bertz CT molecular complexity index is 594. The fourth-order valence-corrected chi connectivity index (χ4v) is 2.99. The van der Waals surface area contributed by atoms with Crippen LogP contribution in [0.25, 0.3) is 0 Å². The second-order valence-electron chi connectivity index (χ2n) is 4.18. The summed E-state index contributed by atoms with van der Waals surface area (Å²) in [4.78, 5) is 25.4. The van der Waals surface area contributed by atoms with Crippen LogP contribution < -0.4 is 0 Å². The molecule has 1 fully saturated rings. The van der Waals surface area contributed by atoms with Gasteiger partial charge in [0.1, 0.15) is 11.0 Å². The fraction of sp³-hybridized carbons (Fsp3) is 0.143. The molecule has 2 heterocycles. The van der Waals surface area contributed by atoms with E-state index in [1.54, 1.807) is 12.1 Å². The van der Waals surface area contributed by atoms with E-state index in [0.717, 1.165) is 17.3 Å². The van der Waals surface area contributed by atoms with Crippen LogP contribution in [0.1, 0.15) is 16.6 Å². The molecular formula is C14H11NO3S. The molecule has 4 nitrogen and oxygen atoms in total. The molecule has 0 radical (unpaired) electrons. The second-order valence-corrected chi connectivity index (χ2v) is 5.23. The predicted octanol–water partition coefficient (Wildman–Crippen LogP) is 3.22. The summed E-state index contributed by atoms with van der Waals surface area (Å²) in [7, 11) is 0. The first kappa shape index (κ1) is 12.0. The van der Waals surface area contributed by atoms with E-state index in [1.807, 2.05) is 30.3 Å². The molecule has 2 amide bonds. The summed E-state index contributed by atoms with van der Waals surface area (Å²) in [5.74, 6) is 0.425. The van der Waals surface area contributed by atoms with Crippen molar-refractivity contribution in [3.8, 4) is 0 Å². The van der Waals surface area contributed by atoms with E-state index in [-0.39, 0.29) is 17.7 Å². The Kier molecular flexibility index (Phi) is 3.13. The molecule has 0 aliphatic carbocycles. The lowest BCUT2D eigenvalue weighted by Crippen LogP contribution is -2.28. The van der Waals surface area contributed by atoms with Gasteiger partial charge in [-0.15, -0.1) is 0 Å². The van der Waals surface area contributed by atoms with Crippen molar-refractivity contribution in [2.45, 2.75) is 11.8 Å². The highest BCUT2D eigenvalue weighted by Crippen LogP contribution is 2.39. The van der Waals surface area contributed by atoms with Gasteiger partial charge in [-0.3, -0.25) is 14.5 Å². The molecule has 0 spiro atoms. The molecule has 1 aromatic heterocycles. The number of carbonyl (C=O) groups excluding carboxylic acids is 2. The van der Waals surface area contributed by atoms with E-state index in [1.165, 1.54) is 11.2 Å². The summed E-state index contributed by atoms with van der Waals surface area (Å²) in [5, 5.41) is -0.668. The number of hydrogen-bond acceptors (Lipinski definition) is 4. The van der Waals surface area contributed by atoms with E-state index >= 15 is 0 Å². The first-order valence-electron chi connectivity index (χ1n) is 5.85. The van der Waals surface area contributed by atoms with E-state index in [0.29, 0.717) is 5.76 Å². The molecular weight excluding hydrogens is 262 g/mol. The molecule has 5 heteroatoms. The van der Waals surface area contributed by atoms with Crippen LogP contribution >= 0.6 is 11.8 Å². The van der Waals surface area contributed by atoms with Gasteiger partial charge < -0.3 is 4.42 Å². The van der Waals surface area contributed by atoms with E-state index in [9.17, 15) is 9.59 Å². The lowest BCUT2D eigenvalue weighted by molar-refractivity contribution is -0.127. The van der Waals surface area contributed by atoms with Gasteiger partial charge in [0.05, 0.1) is 12.8 Å². The number of thioether (sulfide) groups is 1. The molecule has 1 unspecified atom stereocenters. The molecule has 19 heavy (non-hydrogen) atoms. The highest BCUT2D eigenvalue weighted by molar-refractivity contribution is 8.14. The summed E-state index contributed by atoms with van der Waals surface area (Å²) in [6, 6.07) is 12.8. The molecule has 0 bridgehead atoms. The number of carbonyl (C=O) groups is 2. The molecule has 0 N–H and O–H groups in total. The van der Waals surface area contributed by atoms with Crippen molar-refractivity contribution in [3.63, 3.8) is 0 Å². The Labute approximate surface area is 114 Å². The largest absolute Gasteiger partial charge is 0.467 e. The lowest BCUT2D eigenvalue weighted by Gasteiger charge is -2.12. The first-order chi connectivity index (χ1) is 9.25. The van der Waals surface area contributed by atoms with Gasteiger partial charge in [-0.1, -0.05) is 30.3 Å². The summed E-state index contributed by atoms with van der Waals surface area (Å²) < 4.78 is 5.18. The second kappa shape index (κ2) is 4.93. The average Bonchev–Trinajstić information content (AvgIpc) is 3.03. The minimum Gasteiger partial charge on any atom is -0.467 e. The SMILES string of the molecule is O=C1SC(c2ccccc2)C(=O)N1Cc1ccco1. The third-order valence-corrected chi connectivity index (χ3v) is 4.06. The summed E-state index contributed by atoms with van der Waals surface area (Å²) in [5.41, 5.74) is 0.854. The van der Waals surface area contributed by atoms with Gasteiger partial charge in [-0.05, 0) is 29.5 Å². The molecule has 0 saturated carbocycles. The Balaban J connectivity index is 1.81. The Morgan fingerprint density at radius 2 is 1.89 bits per heavy atom. The minimum atomic E-state index is -0.441. The standard InChI is InChI=1S/C14H11NO3S/c16-13-12(10-5-2-1-3-6-10)19-14(17)15(13)9-11-7-4-8-18-11/h1-8,12H,9H2. The number of furan rings is 1. The fourth-order valence-electron chi connectivity index (χ4n) is 1.99. The Morgan fingerprint density at radius 3 is 2.58 bits per heavy atom. The average molecular weight is 273 g/mol. The summed E-state index contributed by atoms with van der Waals surface area (Å²) in [6.07, 6.45) is 1.53. The number of nitrogens with zero attached hydrogens (tertiary/aromatic N) is 1. The van der Waals surface area contributed by atoms with Crippen LogP contribution in [0.5, 0.6) is 0 Å². The van der Waals surface area contributed by atoms with Crippen LogP contribution in [0.2, 0.25) is 0 Å². The molecule has 1 saturated heterocycles. The minimum absolute atomic E-state index is 0.183. The van der Waals surface area contributed by atoms with Gasteiger partial charge in [0, 0.05) is 0 Å². The normalized spacial score (nSPS) is 19.2. The van der Waals surface area contributed by atoms with Crippen LogP contribution in [-0.4, -0.2) is 16.0 Å². The predicted molar refractivity (Wildman–Crippen MR) is 71.4 cm³/mol. The van der Waals surface area contributed by atoms with Crippen LogP contribution in [-0.2, 0) is 11.3 Å². The Hall–Kier alpha value is -2.01. The van der Waals surface area contributed by atoms with Crippen LogP contribution in [0.4, 0.5) is 4.79 Å². The van der Waals surface area contributed by atoms with Crippen molar-refractivity contribution in [2.24, 2.45) is 0 Å².